The summed E-state index contributed by atoms with van der Waals surface area (Å²) in [6.45, 7) is 4.81. The highest BCUT2D eigenvalue weighted by Crippen LogP contribution is 2.40. The van der Waals surface area contributed by atoms with E-state index >= 15 is 0 Å². The molecule has 1 atom stereocenters. The Labute approximate surface area is 179 Å². The first-order chi connectivity index (χ1) is 13.7. The molecule has 0 spiro atoms. The second kappa shape index (κ2) is 8.51. The summed E-state index contributed by atoms with van der Waals surface area (Å²) in [4.78, 5) is 29.4. The molecule has 1 saturated heterocycles. The highest BCUT2D eigenvalue weighted by atomic mass is 79.9. The Morgan fingerprint density at radius 3 is 2.38 bits per heavy atom. The molecule has 1 aliphatic rings. The van der Waals surface area contributed by atoms with E-state index in [1.807, 2.05) is 75.3 Å². The molecule has 1 amide bonds. The van der Waals surface area contributed by atoms with Gasteiger partial charge in [0.25, 0.3) is 11.7 Å². The van der Waals surface area contributed by atoms with Crippen LogP contribution in [-0.4, -0.2) is 53.8 Å². The van der Waals surface area contributed by atoms with Crippen LogP contribution in [0.1, 0.15) is 28.3 Å². The van der Waals surface area contributed by atoms with Crippen molar-refractivity contribution in [2.45, 2.75) is 19.9 Å². The third-order valence-electron chi connectivity index (χ3n) is 5.16. The molecular weight excluding hydrogens is 432 g/mol. The summed E-state index contributed by atoms with van der Waals surface area (Å²) in [7, 11) is 3.84. The normalized spacial score (nSPS) is 18.7. The Bertz CT molecular complexity index is 980. The molecular formula is C23H25BrN2O3. The third kappa shape index (κ3) is 4.28. The zero-order chi connectivity index (χ0) is 21.3. The predicted octanol–water partition coefficient (Wildman–Crippen LogP) is 4.05. The number of rotatable bonds is 5. The molecule has 1 fully saturated rings. The van der Waals surface area contributed by atoms with Crippen LogP contribution >= 0.6 is 15.9 Å². The summed E-state index contributed by atoms with van der Waals surface area (Å²) in [5.74, 6) is -1.34. The molecule has 1 unspecified atom stereocenters. The van der Waals surface area contributed by atoms with Crippen LogP contribution < -0.4 is 0 Å². The lowest BCUT2D eigenvalue weighted by Crippen LogP contribution is -2.35. The fourth-order valence-corrected chi connectivity index (χ4v) is 3.81. The van der Waals surface area contributed by atoms with E-state index in [1.54, 1.807) is 4.90 Å². The zero-order valence-corrected chi connectivity index (χ0v) is 18.7. The van der Waals surface area contributed by atoms with Crippen LogP contribution in [0.5, 0.6) is 0 Å². The number of likely N-dealkylation sites (tertiary alicyclic amines) is 1. The number of carbonyl (C=O) groups excluding carboxylic acids is 2. The highest BCUT2D eigenvalue weighted by molar-refractivity contribution is 9.10. The maximum absolute atomic E-state index is 13.0. The number of amides is 1. The largest absolute Gasteiger partial charge is 0.507 e. The van der Waals surface area contributed by atoms with Gasteiger partial charge in [-0.2, -0.15) is 0 Å². The second-order valence-corrected chi connectivity index (χ2v) is 8.58. The first kappa shape index (κ1) is 21.3. The van der Waals surface area contributed by atoms with Gasteiger partial charge in [-0.15, -0.1) is 0 Å². The summed E-state index contributed by atoms with van der Waals surface area (Å²) in [6.07, 6.45) is 0. The highest BCUT2D eigenvalue weighted by Gasteiger charge is 2.45. The van der Waals surface area contributed by atoms with E-state index in [4.69, 9.17) is 0 Å². The fraction of sp³-hybridized carbons (Fsp3) is 0.304. The Kier molecular flexibility index (Phi) is 6.24. The van der Waals surface area contributed by atoms with E-state index in [0.29, 0.717) is 18.7 Å². The molecule has 3 rings (SSSR count). The fourth-order valence-electron chi connectivity index (χ4n) is 3.55. The molecule has 1 heterocycles. The number of hydrogen-bond donors (Lipinski definition) is 1. The van der Waals surface area contributed by atoms with Gasteiger partial charge in [0.05, 0.1) is 11.6 Å². The quantitative estimate of drug-likeness (QED) is 0.418. The number of aliphatic hydroxyl groups excluding tert-OH is 1. The van der Waals surface area contributed by atoms with Gasteiger partial charge in [-0.1, -0.05) is 45.8 Å². The lowest BCUT2D eigenvalue weighted by atomic mass is 9.93. The van der Waals surface area contributed by atoms with Gasteiger partial charge in [0.2, 0.25) is 0 Å². The van der Waals surface area contributed by atoms with Gasteiger partial charge in [0.15, 0.2) is 0 Å². The Hall–Kier alpha value is -2.44. The third-order valence-corrected chi connectivity index (χ3v) is 5.69. The molecule has 29 heavy (non-hydrogen) atoms. The van der Waals surface area contributed by atoms with Crippen LogP contribution in [0.4, 0.5) is 0 Å². The van der Waals surface area contributed by atoms with Crippen LogP contribution in [0, 0.1) is 13.8 Å². The van der Waals surface area contributed by atoms with E-state index < -0.39 is 17.7 Å². The van der Waals surface area contributed by atoms with Crippen molar-refractivity contribution in [1.29, 1.82) is 0 Å². The average molecular weight is 457 g/mol. The number of aryl methyl sites for hydroxylation is 2. The number of likely N-dealkylation sites (N-methyl/N-ethyl adjacent to an activating group) is 1. The van der Waals surface area contributed by atoms with Crippen molar-refractivity contribution in [2.75, 3.05) is 27.2 Å². The summed E-state index contributed by atoms with van der Waals surface area (Å²) >= 11 is 3.43. The molecule has 1 aliphatic heterocycles. The number of Topliss-reactive ketones (excluding diaryl/α,β-unsaturated/α-hetero) is 1. The minimum Gasteiger partial charge on any atom is -0.507 e. The lowest BCUT2D eigenvalue weighted by molar-refractivity contribution is -0.140. The van der Waals surface area contributed by atoms with Gasteiger partial charge in [0, 0.05) is 23.1 Å². The Balaban J connectivity index is 2.19. The molecule has 0 aliphatic carbocycles. The van der Waals surface area contributed by atoms with Crippen molar-refractivity contribution in [3.05, 3.63) is 74.8 Å². The maximum atomic E-state index is 13.0. The molecule has 0 saturated carbocycles. The molecule has 1 N–H and O–H groups in total. The molecule has 5 nitrogen and oxygen atoms in total. The summed E-state index contributed by atoms with van der Waals surface area (Å²) < 4.78 is 0.904. The lowest BCUT2D eigenvalue weighted by Gasteiger charge is -2.26. The van der Waals surface area contributed by atoms with Gasteiger partial charge >= 0.3 is 0 Å². The number of carbonyl (C=O) groups is 2. The average Bonchev–Trinajstić information content (AvgIpc) is 2.93. The maximum Gasteiger partial charge on any atom is 0.295 e. The van der Waals surface area contributed by atoms with Crippen molar-refractivity contribution in [3.63, 3.8) is 0 Å². The Morgan fingerprint density at radius 2 is 1.76 bits per heavy atom. The first-order valence-corrected chi connectivity index (χ1v) is 10.3. The van der Waals surface area contributed by atoms with Gasteiger partial charge in [-0.05, 0) is 57.3 Å². The van der Waals surface area contributed by atoms with Crippen LogP contribution in [0.2, 0.25) is 0 Å². The van der Waals surface area contributed by atoms with Gasteiger partial charge in [-0.25, -0.2) is 0 Å². The predicted molar refractivity (Wildman–Crippen MR) is 118 cm³/mol. The molecule has 2 aromatic rings. The van der Waals surface area contributed by atoms with Crippen LogP contribution in [0.25, 0.3) is 5.76 Å². The van der Waals surface area contributed by atoms with E-state index in [0.717, 1.165) is 21.2 Å². The summed E-state index contributed by atoms with van der Waals surface area (Å²) in [6, 6.07) is 12.6. The SMILES string of the molecule is Cc1ccc(C)c(C(O)=C2C(=O)C(=O)N(CCN(C)C)C2c2ccc(Br)cc2)c1. The second-order valence-electron chi connectivity index (χ2n) is 7.67. The van der Waals surface area contributed by atoms with Crippen LogP contribution in [0.15, 0.2) is 52.5 Å². The van der Waals surface area contributed by atoms with Crippen LogP contribution in [-0.2, 0) is 9.59 Å². The number of ketones is 1. The molecule has 2 aromatic carbocycles. The van der Waals surface area contributed by atoms with E-state index in [2.05, 4.69) is 15.9 Å². The monoisotopic (exact) mass is 456 g/mol. The van der Waals surface area contributed by atoms with Crippen molar-refractivity contribution >= 4 is 33.4 Å². The van der Waals surface area contributed by atoms with Gasteiger partial charge < -0.3 is 14.9 Å². The number of halogens is 1. The first-order valence-electron chi connectivity index (χ1n) is 9.47. The molecule has 0 radical (unpaired) electrons. The zero-order valence-electron chi connectivity index (χ0n) is 17.1. The van der Waals surface area contributed by atoms with E-state index in [1.165, 1.54) is 0 Å². The van der Waals surface area contributed by atoms with Crippen molar-refractivity contribution in [1.82, 2.24) is 9.80 Å². The van der Waals surface area contributed by atoms with Crippen molar-refractivity contribution < 1.29 is 14.7 Å². The van der Waals surface area contributed by atoms with Crippen LogP contribution in [0.3, 0.4) is 0 Å². The molecule has 0 bridgehead atoms. The van der Waals surface area contributed by atoms with E-state index in [-0.39, 0.29) is 11.3 Å². The number of hydrogen-bond acceptors (Lipinski definition) is 4. The molecule has 6 heteroatoms. The van der Waals surface area contributed by atoms with E-state index in [9.17, 15) is 14.7 Å². The van der Waals surface area contributed by atoms with Gasteiger partial charge in [-0.3, -0.25) is 9.59 Å². The minimum absolute atomic E-state index is 0.121. The number of aliphatic hydroxyl groups is 1. The van der Waals surface area contributed by atoms with Crippen molar-refractivity contribution in [2.24, 2.45) is 0 Å². The summed E-state index contributed by atoms with van der Waals surface area (Å²) in [5, 5.41) is 11.2. The standard InChI is InChI=1S/C23H25BrN2O3/c1-14-5-6-15(2)18(13-14)21(27)19-20(16-7-9-17(24)10-8-16)26(12-11-25(3)4)23(29)22(19)28/h5-10,13,20,27H,11-12H2,1-4H3. The summed E-state index contributed by atoms with van der Waals surface area (Å²) in [5.41, 5.74) is 3.34. The smallest absolute Gasteiger partial charge is 0.295 e. The van der Waals surface area contributed by atoms with Crippen molar-refractivity contribution in [3.8, 4) is 0 Å². The topological polar surface area (TPSA) is 60.9 Å². The minimum atomic E-state index is -0.643. The Morgan fingerprint density at radius 1 is 1.10 bits per heavy atom. The van der Waals surface area contributed by atoms with Gasteiger partial charge in [0.1, 0.15) is 5.76 Å². The number of nitrogens with zero attached hydrogens (tertiary/aromatic N) is 2. The number of benzene rings is 2. The molecule has 152 valence electrons. The molecule has 0 aromatic heterocycles.